The molecule has 0 aliphatic carbocycles. The Bertz CT molecular complexity index is 2470. The summed E-state index contributed by atoms with van der Waals surface area (Å²) in [5.74, 6) is -1.45. The molecule has 4 fully saturated rings. The van der Waals surface area contributed by atoms with Crippen molar-refractivity contribution < 1.29 is 32.7 Å². The maximum atomic E-state index is 14.0. The number of imide groups is 1. The Morgan fingerprint density at radius 2 is 1.49 bits per heavy atom. The summed E-state index contributed by atoms with van der Waals surface area (Å²) < 4.78 is 33.4. The number of nitrogens with zero attached hydrogens (tertiary/aromatic N) is 4. The number of hydrogen-bond acceptors (Lipinski definition) is 9. The minimum Gasteiger partial charge on any atom is -0.381 e. The minimum absolute atomic E-state index is 0.0617. The number of rotatable bonds is 10. The fourth-order valence-corrected chi connectivity index (χ4v) is 9.14. The van der Waals surface area contributed by atoms with E-state index in [9.17, 15) is 28.0 Å². The van der Waals surface area contributed by atoms with Gasteiger partial charge in [-0.2, -0.15) is 5.10 Å². The van der Waals surface area contributed by atoms with Crippen molar-refractivity contribution in [2.75, 3.05) is 73.3 Å². The van der Waals surface area contributed by atoms with Gasteiger partial charge in [-0.05, 0) is 116 Å². The highest BCUT2D eigenvalue weighted by Crippen LogP contribution is 2.32. The van der Waals surface area contributed by atoms with Crippen LogP contribution in [0.15, 0.2) is 78.9 Å². The Labute approximate surface area is 363 Å². The Balaban J connectivity index is 0.813. The molecule has 4 aromatic carbocycles. The zero-order chi connectivity index (χ0) is 43.5. The number of H-pyrrole nitrogens is 1. The van der Waals surface area contributed by atoms with Crippen LogP contribution in [0.1, 0.15) is 71.5 Å². The third-order valence-electron chi connectivity index (χ3n) is 12.7. The zero-order valence-electron chi connectivity index (χ0n) is 34.9. The number of aromatic nitrogens is 2. The first-order valence-electron chi connectivity index (χ1n) is 21.8. The number of nitrogens with one attached hydrogen (secondary N) is 5. The van der Waals surface area contributed by atoms with E-state index in [2.05, 4.69) is 48.5 Å². The lowest BCUT2D eigenvalue weighted by molar-refractivity contribution is -0.133. The van der Waals surface area contributed by atoms with E-state index in [1.165, 1.54) is 17.7 Å². The third kappa shape index (κ3) is 9.75. The molecule has 5 aromatic rings. The van der Waals surface area contributed by atoms with E-state index in [0.29, 0.717) is 111 Å². The van der Waals surface area contributed by atoms with Gasteiger partial charge < -0.3 is 35.4 Å². The fourth-order valence-electron chi connectivity index (χ4n) is 9.14. The van der Waals surface area contributed by atoms with Crippen LogP contribution in [0.3, 0.4) is 0 Å². The maximum Gasteiger partial charge on any atom is 0.320 e. The molecule has 4 saturated heterocycles. The molecule has 63 heavy (non-hydrogen) atoms. The molecule has 0 bridgehead atoms. The molecule has 16 heteroatoms. The van der Waals surface area contributed by atoms with E-state index in [0.717, 1.165) is 48.7 Å². The van der Waals surface area contributed by atoms with Crippen LogP contribution in [0, 0.1) is 11.6 Å². The van der Waals surface area contributed by atoms with E-state index in [1.54, 1.807) is 0 Å². The van der Waals surface area contributed by atoms with Crippen molar-refractivity contribution in [3.05, 3.63) is 113 Å². The summed E-state index contributed by atoms with van der Waals surface area (Å²) in [5, 5.41) is 20.3. The van der Waals surface area contributed by atoms with Crippen LogP contribution in [0.5, 0.6) is 0 Å². The average Bonchev–Trinajstić information content (AvgIpc) is 3.68. The molecule has 14 nitrogen and oxygen atoms in total. The number of piperazine rings is 1. The molecule has 9 rings (SSSR count). The summed E-state index contributed by atoms with van der Waals surface area (Å²) >= 11 is 0. The maximum absolute atomic E-state index is 14.0. The van der Waals surface area contributed by atoms with Gasteiger partial charge in [0, 0.05) is 93.5 Å². The zero-order valence-corrected chi connectivity index (χ0v) is 34.9. The van der Waals surface area contributed by atoms with E-state index in [-0.39, 0.29) is 29.8 Å². The Hall–Kier alpha value is -6.55. The molecule has 5 amide bonds. The molecule has 1 aromatic heterocycles. The first-order valence-corrected chi connectivity index (χ1v) is 21.8. The highest BCUT2D eigenvalue weighted by atomic mass is 19.1. The monoisotopic (exact) mass is 859 g/mol. The lowest BCUT2D eigenvalue weighted by atomic mass is 9.89. The fraction of sp³-hybridized carbons (Fsp3) is 0.383. The smallest absolute Gasteiger partial charge is 0.320 e. The van der Waals surface area contributed by atoms with Crippen molar-refractivity contribution in [2.24, 2.45) is 0 Å². The summed E-state index contributed by atoms with van der Waals surface area (Å²) in [6, 6.07) is 22.7. The van der Waals surface area contributed by atoms with Gasteiger partial charge in [-0.25, -0.2) is 13.6 Å². The second-order valence-corrected chi connectivity index (χ2v) is 16.9. The number of benzene rings is 4. The third-order valence-corrected chi connectivity index (χ3v) is 12.7. The van der Waals surface area contributed by atoms with Gasteiger partial charge in [-0.1, -0.05) is 18.2 Å². The van der Waals surface area contributed by atoms with Gasteiger partial charge in [-0.3, -0.25) is 24.8 Å². The topological polar surface area (TPSA) is 164 Å². The van der Waals surface area contributed by atoms with E-state index in [4.69, 9.17) is 4.74 Å². The van der Waals surface area contributed by atoms with Gasteiger partial charge in [0.05, 0.1) is 11.1 Å². The predicted molar refractivity (Wildman–Crippen MR) is 236 cm³/mol. The van der Waals surface area contributed by atoms with Crippen LogP contribution in [0.2, 0.25) is 0 Å². The first-order chi connectivity index (χ1) is 30.6. The first kappa shape index (κ1) is 41.8. The molecular weight excluding hydrogens is 809 g/mol. The standard InChI is InChI=1S/C47H51F2N9O5/c48-33-24-30(25-34(49)27-33)23-29-1-8-40-39(26-29)44(55-54-40)53-45(60)38-7-6-37(28-42(38)51-36-13-21-63-22-14-36)56-17-19-58(20-18-56)47(62)57-15-11-32(12-16-57)31-2-4-35(5-3-31)50-41-9-10-43(59)52-46(41)61/h1-8,24-28,32,36,41,50-51H,9-23H2,(H,52,59,61)(H2,53,54,55,60). The number of piperidine rings is 2. The molecule has 1 unspecified atom stereocenters. The number of anilines is 4. The number of carbonyl (C=O) groups excluding carboxylic acids is 4. The van der Waals surface area contributed by atoms with E-state index < -0.39 is 17.7 Å². The molecular formula is C47H51F2N9O5. The average molecular weight is 860 g/mol. The number of fused-ring (bicyclic) bond motifs is 1. The largest absolute Gasteiger partial charge is 0.381 e. The lowest BCUT2D eigenvalue weighted by Gasteiger charge is -2.40. The Morgan fingerprint density at radius 1 is 0.762 bits per heavy atom. The van der Waals surface area contributed by atoms with Crippen molar-refractivity contribution in [2.45, 2.75) is 62.9 Å². The van der Waals surface area contributed by atoms with E-state index in [1.807, 2.05) is 58.3 Å². The number of ether oxygens (including phenoxy) is 1. The van der Waals surface area contributed by atoms with Gasteiger partial charge in [0.1, 0.15) is 17.7 Å². The van der Waals surface area contributed by atoms with Crippen LogP contribution >= 0.6 is 0 Å². The minimum atomic E-state index is -0.635. The Morgan fingerprint density at radius 3 is 2.22 bits per heavy atom. The van der Waals surface area contributed by atoms with Crippen molar-refractivity contribution in [1.29, 1.82) is 0 Å². The number of carbonyl (C=O) groups is 4. The number of halogens is 2. The summed E-state index contributed by atoms with van der Waals surface area (Å²) in [7, 11) is 0. The van der Waals surface area contributed by atoms with Crippen LogP contribution in [0.4, 0.5) is 36.5 Å². The molecule has 0 radical (unpaired) electrons. The molecule has 4 aliphatic rings. The van der Waals surface area contributed by atoms with Crippen LogP contribution in [-0.2, 0) is 20.7 Å². The van der Waals surface area contributed by atoms with Gasteiger partial charge in [0.25, 0.3) is 5.91 Å². The molecule has 0 saturated carbocycles. The van der Waals surface area contributed by atoms with Crippen molar-refractivity contribution in [3.63, 3.8) is 0 Å². The quantitative estimate of drug-likeness (QED) is 0.0973. The predicted octanol–water partition coefficient (Wildman–Crippen LogP) is 6.61. The molecule has 0 spiro atoms. The van der Waals surface area contributed by atoms with Gasteiger partial charge >= 0.3 is 6.03 Å². The van der Waals surface area contributed by atoms with Gasteiger partial charge in [0.2, 0.25) is 11.8 Å². The molecule has 5 heterocycles. The molecule has 328 valence electrons. The highest BCUT2D eigenvalue weighted by Gasteiger charge is 2.31. The van der Waals surface area contributed by atoms with Crippen LogP contribution in [-0.4, -0.2) is 108 Å². The molecule has 1 atom stereocenters. The SMILES string of the molecule is O=C1CCC(Nc2ccc(C3CCN(C(=O)N4CCN(c5ccc(C(=O)Nc6n[nH]c7ccc(Cc8cc(F)cc(F)c8)cc67)c(NC6CCOCC6)c5)CC4)CC3)cc2)C(=O)N1. The summed E-state index contributed by atoms with van der Waals surface area (Å²) in [6.07, 6.45) is 4.45. The lowest BCUT2D eigenvalue weighted by Crippen LogP contribution is -2.54. The number of amides is 5. The molecule has 4 aliphatic heterocycles. The number of aromatic amines is 1. The van der Waals surface area contributed by atoms with Gasteiger partial charge in [-0.15, -0.1) is 0 Å². The second-order valence-electron chi connectivity index (χ2n) is 16.9. The number of hydrogen-bond donors (Lipinski definition) is 5. The number of likely N-dealkylation sites (tertiary alicyclic amines) is 1. The van der Waals surface area contributed by atoms with Crippen molar-refractivity contribution in [3.8, 4) is 0 Å². The van der Waals surface area contributed by atoms with Crippen molar-refractivity contribution >= 4 is 57.5 Å². The van der Waals surface area contributed by atoms with Gasteiger partial charge in [0.15, 0.2) is 5.82 Å². The summed E-state index contributed by atoms with van der Waals surface area (Å²) in [4.78, 5) is 57.6. The van der Waals surface area contributed by atoms with Crippen molar-refractivity contribution in [1.82, 2.24) is 25.3 Å². The molecule has 5 N–H and O–H groups in total. The summed E-state index contributed by atoms with van der Waals surface area (Å²) in [6.45, 7) is 5.07. The highest BCUT2D eigenvalue weighted by molar-refractivity contribution is 6.11. The normalized spacial score (nSPS) is 19.0. The second kappa shape index (κ2) is 18.4. The van der Waals surface area contributed by atoms with Crippen LogP contribution < -0.4 is 26.2 Å². The van der Waals surface area contributed by atoms with Crippen LogP contribution in [0.25, 0.3) is 10.9 Å². The summed E-state index contributed by atoms with van der Waals surface area (Å²) in [5.41, 5.74) is 6.18. The Kier molecular flexibility index (Phi) is 12.2. The van der Waals surface area contributed by atoms with E-state index >= 15 is 0 Å². The number of urea groups is 1.